The lowest BCUT2D eigenvalue weighted by molar-refractivity contribution is 0.472. The molecule has 0 amide bonds. The minimum Gasteiger partial charge on any atom is -0.507 e. The molecule has 0 aliphatic rings. The first kappa shape index (κ1) is 32.6. The molecule has 0 radical (unpaired) electrons. The van der Waals surface area contributed by atoms with Gasteiger partial charge in [0.15, 0.2) is 0 Å². The van der Waals surface area contributed by atoms with E-state index in [0.717, 1.165) is 44.5 Å². The van der Waals surface area contributed by atoms with Crippen molar-refractivity contribution in [1.29, 1.82) is 0 Å². The Hall–Kier alpha value is -7.04. The third kappa shape index (κ3) is 8.86. The van der Waals surface area contributed by atoms with Gasteiger partial charge in [-0.3, -0.25) is 9.55 Å². The summed E-state index contributed by atoms with van der Waals surface area (Å²) in [6.07, 6.45) is 1.65. The zero-order chi connectivity index (χ0) is 57.6. The van der Waals surface area contributed by atoms with E-state index in [0.29, 0.717) is 61.6 Å². The number of hydrogen-bond acceptors (Lipinski definition) is 3. The van der Waals surface area contributed by atoms with Crippen LogP contribution in [-0.4, -0.2) is 19.6 Å². The average Bonchev–Trinajstić information content (AvgIpc) is 3.90. The molecule has 2 aromatic heterocycles. The highest BCUT2D eigenvalue weighted by molar-refractivity contribution is 5.98. The Morgan fingerprint density at radius 2 is 1.15 bits per heavy atom. The Labute approximate surface area is 414 Å². The fourth-order valence-corrected chi connectivity index (χ4v) is 8.94. The minimum atomic E-state index is -3.39. The molecule has 67 heavy (non-hydrogen) atoms. The lowest BCUT2D eigenvalue weighted by Crippen LogP contribution is -2.11. The molecule has 0 spiro atoms. The van der Waals surface area contributed by atoms with Crippen LogP contribution in [0.3, 0.4) is 0 Å². The molecule has 9 aromatic rings. The van der Waals surface area contributed by atoms with Gasteiger partial charge < -0.3 is 5.11 Å². The fourth-order valence-electron chi connectivity index (χ4n) is 8.94. The molecule has 7 aromatic carbocycles. The van der Waals surface area contributed by atoms with Gasteiger partial charge in [-0.15, -0.1) is 0 Å². The summed E-state index contributed by atoms with van der Waals surface area (Å²) in [5.74, 6) is 0.507. The molecule has 0 aliphatic heterocycles. The van der Waals surface area contributed by atoms with E-state index in [1.54, 1.807) is 18.3 Å². The standard InChI is InChI=1S/C63H63N3O/c1-39-31-41(3)59(67)54(32-39)60-65-58-51(46-34-47(36-50(35-46)63(10,11)12)55-37-45(29-30-64-55)42-21-25-48(26-22-42)61(4,5)6)19-16-20-56(58)66(60)57-38-52(43-17-14-13-15-18-43)40(2)33-53(57)44-23-27-49(28-24-44)62(7,8)9/h13-38,67H,1-12H3/i2D3,4D3,5D3,6D3. The highest BCUT2D eigenvalue weighted by Gasteiger charge is 2.26. The Kier molecular flexibility index (Phi) is 8.27. The zero-order valence-electron chi connectivity index (χ0n) is 51.3. The number of aromatic hydroxyl groups is 1. The van der Waals surface area contributed by atoms with Crippen LogP contribution >= 0.6 is 0 Å². The van der Waals surface area contributed by atoms with E-state index in [2.05, 4.69) is 65.8 Å². The van der Waals surface area contributed by atoms with E-state index in [1.165, 1.54) is 24.3 Å². The molecule has 2 heterocycles. The van der Waals surface area contributed by atoms with Gasteiger partial charge in [-0.2, -0.15) is 0 Å². The SMILES string of the molecule is [2H]C([2H])([2H])c1cc(-c2ccc(C(C)(C)C)cc2)c(-n2c(-c3cc(C)cc(C)c3O)nc3c(-c4cc(-c5cc(-c6ccc(C(C([2H])([2H])[2H])(C([2H])([2H])[2H])C([2H])([2H])[2H])cc6)ccn5)cc(C(C)(C)C)c4)cccc32)cc1-c1ccccc1. The summed E-state index contributed by atoms with van der Waals surface area (Å²) < 4.78 is 103. The van der Waals surface area contributed by atoms with Crippen LogP contribution in [0.5, 0.6) is 5.75 Å². The smallest absolute Gasteiger partial charge is 0.149 e. The summed E-state index contributed by atoms with van der Waals surface area (Å²) in [6.45, 7) is 3.97. The first-order valence-corrected chi connectivity index (χ1v) is 22.6. The van der Waals surface area contributed by atoms with Crippen molar-refractivity contribution in [2.75, 3.05) is 0 Å². The summed E-state index contributed by atoms with van der Waals surface area (Å²) in [7, 11) is 0. The number of imidazole rings is 1. The van der Waals surface area contributed by atoms with Gasteiger partial charge in [0, 0.05) is 39.3 Å². The van der Waals surface area contributed by atoms with Crippen LogP contribution in [0, 0.1) is 20.7 Å². The van der Waals surface area contributed by atoms with Crippen LogP contribution in [0.2, 0.25) is 0 Å². The van der Waals surface area contributed by atoms with Crippen molar-refractivity contribution in [2.24, 2.45) is 0 Å². The number of hydrogen-bond donors (Lipinski definition) is 1. The molecule has 336 valence electrons. The lowest BCUT2D eigenvalue weighted by atomic mass is 9.83. The van der Waals surface area contributed by atoms with Gasteiger partial charge in [-0.1, -0.05) is 165 Å². The number of fused-ring (bicyclic) bond motifs is 1. The van der Waals surface area contributed by atoms with Crippen LogP contribution in [0.4, 0.5) is 0 Å². The molecule has 0 saturated heterocycles. The maximum absolute atomic E-state index is 12.1. The molecule has 4 heteroatoms. The molecular formula is C63H63N3O. The average molecular weight is 890 g/mol. The molecule has 0 atom stereocenters. The van der Waals surface area contributed by atoms with Crippen molar-refractivity contribution in [1.82, 2.24) is 14.5 Å². The Morgan fingerprint density at radius 3 is 1.82 bits per heavy atom. The number of rotatable bonds is 7. The van der Waals surface area contributed by atoms with Gasteiger partial charge in [-0.25, -0.2) is 4.98 Å². The van der Waals surface area contributed by atoms with Crippen LogP contribution < -0.4 is 0 Å². The van der Waals surface area contributed by atoms with Crippen molar-refractivity contribution in [3.8, 4) is 78.6 Å². The summed E-state index contributed by atoms with van der Waals surface area (Å²) in [6, 6.07) is 46.8. The third-order valence-corrected chi connectivity index (χ3v) is 12.7. The van der Waals surface area contributed by atoms with Gasteiger partial charge in [0.25, 0.3) is 0 Å². The van der Waals surface area contributed by atoms with E-state index < -0.39 is 32.8 Å². The first-order valence-electron chi connectivity index (χ1n) is 28.6. The Bertz CT molecular complexity index is 3730. The van der Waals surface area contributed by atoms with Gasteiger partial charge in [0.2, 0.25) is 0 Å². The normalized spacial score (nSPS) is 15.6. The van der Waals surface area contributed by atoms with Crippen LogP contribution in [0.1, 0.15) is 112 Å². The van der Waals surface area contributed by atoms with E-state index in [-0.39, 0.29) is 27.7 Å². The molecule has 0 aliphatic carbocycles. The second kappa shape index (κ2) is 17.0. The van der Waals surface area contributed by atoms with Gasteiger partial charge in [0.05, 0.1) is 28.0 Å². The van der Waals surface area contributed by atoms with E-state index >= 15 is 0 Å². The molecule has 0 unspecified atom stereocenters. The molecule has 0 bridgehead atoms. The number of nitrogens with zero attached hydrogens (tertiary/aromatic N) is 3. The molecule has 9 rings (SSSR count). The number of phenols is 1. The molecule has 0 fully saturated rings. The first-order chi connectivity index (χ1) is 36.7. The van der Waals surface area contributed by atoms with Crippen molar-refractivity contribution in [3.63, 3.8) is 0 Å². The summed E-state index contributed by atoms with van der Waals surface area (Å²) >= 11 is 0. The predicted molar refractivity (Wildman–Crippen MR) is 283 cm³/mol. The van der Waals surface area contributed by atoms with Crippen LogP contribution in [-0.2, 0) is 16.2 Å². The number of para-hydroxylation sites is 1. The number of pyridine rings is 1. The van der Waals surface area contributed by atoms with Gasteiger partial charge in [-0.05, 0) is 152 Å². The second-order valence-corrected chi connectivity index (χ2v) is 19.8. The predicted octanol–water partition coefficient (Wildman–Crippen LogP) is 16.9. The van der Waals surface area contributed by atoms with E-state index in [4.69, 9.17) is 26.4 Å². The van der Waals surface area contributed by atoms with Crippen molar-refractivity contribution in [3.05, 3.63) is 191 Å². The van der Waals surface area contributed by atoms with Crippen molar-refractivity contribution in [2.45, 2.75) is 99.0 Å². The monoisotopic (exact) mass is 890 g/mol. The maximum Gasteiger partial charge on any atom is 0.149 e. The third-order valence-electron chi connectivity index (χ3n) is 12.7. The Balaban J connectivity index is 1.29. The van der Waals surface area contributed by atoms with Gasteiger partial charge >= 0.3 is 0 Å². The minimum absolute atomic E-state index is 0.0611. The highest BCUT2D eigenvalue weighted by Crippen LogP contribution is 2.44. The van der Waals surface area contributed by atoms with E-state index in [1.807, 2.05) is 109 Å². The quantitative estimate of drug-likeness (QED) is 0.173. The summed E-state index contributed by atoms with van der Waals surface area (Å²) in [5.41, 5.74) is 9.29. The Morgan fingerprint density at radius 1 is 0.493 bits per heavy atom. The summed E-state index contributed by atoms with van der Waals surface area (Å²) in [4.78, 5) is 10.4. The number of aryl methyl sites for hydroxylation is 3. The zero-order valence-corrected chi connectivity index (χ0v) is 39.3. The number of phenolic OH excluding ortho intramolecular Hbond substituents is 1. The number of benzene rings is 7. The fraction of sp³-hybridized carbons (Fsp3) is 0.238. The van der Waals surface area contributed by atoms with Gasteiger partial charge in [0.1, 0.15) is 11.6 Å². The maximum atomic E-state index is 12.1. The van der Waals surface area contributed by atoms with Crippen LogP contribution in [0.25, 0.3) is 83.9 Å². The summed E-state index contributed by atoms with van der Waals surface area (Å²) in [5, 5.41) is 12.1. The second-order valence-electron chi connectivity index (χ2n) is 19.8. The number of aromatic nitrogens is 3. The highest BCUT2D eigenvalue weighted by atomic mass is 16.3. The topological polar surface area (TPSA) is 50.9 Å². The van der Waals surface area contributed by atoms with Crippen molar-refractivity contribution < 1.29 is 21.6 Å². The molecule has 0 saturated carbocycles. The lowest BCUT2D eigenvalue weighted by Gasteiger charge is -2.22. The molecule has 1 N–H and O–H groups in total. The largest absolute Gasteiger partial charge is 0.507 e. The molecular weight excluding hydrogens is 815 g/mol. The van der Waals surface area contributed by atoms with E-state index in [9.17, 15) is 5.11 Å². The van der Waals surface area contributed by atoms with Crippen LogP contribution in [0.15, 0.2) is 158 Å². The van der Waals surface area contributed by atoms with Crippen molar-refractivity contribution >= 4 is 11.0 Å². The molecule has 4 nitrogen and oxygen atoms in total.